The molecule has 0 aliphatic carbocycles. The van der Waals surface area contributed by atoms with Crippen molar-refractivity contribution >= 4 is 11.0 Å². The van der Waals surface area contributed by atoms with Crippen LogP contribution in [0.5, 0.6) is 5.75 Å². The summed E-state index contributed by atoms with van der Waals surface area (Å²) in [6.07, 6.45) is 1.88. The van der Waals surface area contributed by atoms with Crippen molar-refractivity contribution in [2.75, 3.05) is 0 Å². The van der Waals surface area contributed by atoms with E-state index >= 15 is 0 Å². The van der Waals surface area contributed by atoms with Crippen molar-refractivity contribution < 1.29 is 7.85 Å². The Morgan fingerprint density at radius 2 is 1.14 bits per heavy atom. The van der Waals surface area contributed by atoms with Crippen molar-refractivity contribution in [2.45, 2.75) is 131 Å². The Kier molecular flexibility index (Phi) is 11.8. The first-order valence-corrected chi connectivity index (χ1v) is 23.7. The molecule has 0 aliphatic rings. The van der Waals surface area contributed by atoms with E-state index < -0.39 is 11.8 Å². The van der Waals surface area contributed by atoms with Gasteiger partial charge in [-0.05, 0) is 139 Å². The number of phenolic OH excluding ortho intramolecular Hbond substituents is 1. The highest BCUT2D eigenvalue weighted by molar-refractivity contribution is 5.98. The number of fused-ring (bicyclic) bond motifs is 1. The average molecular weight is 874 g/mol. The summed E-state index contributed by atoms with van der Waals surface area (Å²) in [5, 5.41) is 12.4. The molecule has 0 bridgehead atoms. The average Bonchev–Trinajstić information content (AvgIpc) is 3.67. The van der Waals surface area contributed by atoms with Gasteiger partial charge in [0.2, 0.25) is 0 Å². The van der Waals surface area contributed by atoms with Gasteiger partial charge in [-0.15, -0.1) is 0 Å². The van der Waals surface area contributed by atoms with Gasteiger partial charge in [0.1, 0.15) is 11.6 Å². The summed E-state index contributed by atoms with van der Waals surface area (Å²) < 4.78 is 19.9. The largest absolute Gasteiger partial charge is 0.507 e. The molecule has 0 saturated heterocycles. The molecule has 0 fully saturated rings. The Bertz CT molecular complexity index is 3150. The number of hydrogen-bond donors (Lipinski definition) is 1. The van der Waals surface area contributed by atoms with E-state index in [1.54, 1.807) is 0 Å². The maximum atomic E-state index is 12.4. The monoisotopic (exact) mass is 874 g/mol. The molecule has 6 aromatic carbocycles. The van der Waals surface area contributed by atoms with Gasteiger partial charge in [-0.25, -0.2) is 4.98 Å². The Balaban J connectivity index is 1.42. The molecule has 1 N–H and O–H groups in total. The van der Waals surface area contributed by atoms with Crippen molar-refractivity contribution in [2.24, 2.45) is 0 Å². The van der Waals surface area contributed by atoms with Crippen LogP contribution in [0.2, 0.25) is 0 Å². The fourth-order valence-corrected chi connectivity index (χ4v) is 8.93. The van der Waals surface area contributed by atoms with Crippen LogP contribution in [0.4, 0.5) is 0 Å². The minimum atomic E-state index is -0.837. The highest BCUT2D eigenvalue weighted by Gasteiger charge is 2.26. The zero-order chi connectivity index (χ0) is 49.2. The van der Waals surface area contributed by atoms with E-state index in [9.17, 15) is 5.11 Å². The van der Waals surface area contributed by atoms with Crippen LogP contribution in [0.1, 0.15) is 157 Å². The molecule has 0 unspecified atom stereocenters. The van der Waals surface area contributed by atoms with Gasteiger partial charge < -0.3 is 5.11 Å². The number of benzene rings is 6. The van der Waals surface area contributed by atoms with E-state index in [-0.39, 0.29) is 28.4 Å². The highest BCUT2D eigenvalue weighted by Crippen LogP contribution is 2.45. The number of rotatable bonds is 10. The molecule has 0 atom stereocenters. The van der Waals surface area contributed by atoms with Crippen molar-refractivity contribution in [3.63, 3.8) is 0 Å². The zero-order valence-electron chi connectivity index (χ0n) is 43.6. The first-order chi connectivity index (χ1) is 31.8. The summed E-state index contributed by atoms with van der Waals surface area (Å²) in [7, 11) is 0. The lowest BCUT2D eigenvalue weighted by atomic mass is 9.83. The molecular weight excluding hydrogens is 803 g/mol. The standard InChI is InChI=1S/C62H69N3O/c1-37(2)41-18-20-42(21-19-41)45-28-29-63-55(36-45)48-30-47(31-50(32-48)62(12,13)14)51-16-15-17-57-58(51)64-60(54-35-46(39(5)6)34-52(40(7)8)59(54)66)65(57)56-27-24-44(38(3)4)33-53(56)43-22-25-49(26-23-43)61(9,10)11/h15-40,66H,1-14H3/i37D,38D. The number of phenols is 1. The van der Waals surface area contributed by atoms with Gasteiger partial charge >= 0.3 is 0 Å². The second-order valence-corrected chi connectivity index (χ2v) is 21.4. The number of para-hydroxylation sites is 1. The molecule has 0 spiro atoms. The van der Waals surface area contributed by atoms with Crippen LogP contribution in [0.25, 0.3) is 72.7 Å². The normalized spacial score (nSPS) is 13.2. The fourth-order valence-electron chi connectivity index (χ4n) is 8.93. The summed E-state index contributed by atoms with van der Waals surface area (Å²) in [5.74, 6) is -0.320. The first-order valence-electron chi connectivity index (χ1n) is 24.7. The SMILES string of the molecule is [2H]C(C)(C)c1ccc(-c2ccnc(-c3cc(-c4cccc5c4nc(-c4cc(C(C)C)cc(C(C)C)c4O)n5-c4ccc(C([2H])(C)C)cc4-c4ccc(C(C)(C)C)cc4)cc(C(C)(C)C)c3)c2)cc1. The van der Waals surface area contributed by atoms with Crippen molar-refractivity contribution in [1.82, 2.24) is 14.5 Å². The smallest absolute Gasteiger partial charge is 0.149 e. The number of nitrogens with zero attached hydrogens (tertiary/aromatic N) is 3. The van der Waals surface area contributed by atoms with Gasteiger partial charge in [-0.3, -0.25) is 9.55 Å². The third-order valence-corrected chi connectivity index (χ3v) is 13.2. The van der Waals surface area contributed by atoms with Gasteiger partial charge in [0.25, 0.3) is 0 Å². The lowest BCUT2D eigenvalue weighted by Gasteiger charge is -2.22. The molecule has 0 radical (unpaired) electrons. The Morgan fingerprint density at radius 3 is 1.76 bits per heavy atom. The predicted molar refractivity (Wildman–Crippen MR) is 281 cm³/mol. The third-order valence-electron chi connectivity index (χ3n) is 13.2. The maximum absolute atomic E-state index is 12.4. The topological polar surface area (TPSA) is 50.9 Å². The van der Waals surface area contributed by atoms with Gasteiger partial charge in [-0.1, -0.05) is 176 Å². The number of pyridine rings is 1. The van der Waals surface area contributed by atoms with Crippen molar-refractivity contribution in [3.05, 3.63) is 167 Å². The van der Waals surface area contributed by atoms with Crippen LogP contribution in [0, 0.1) is 0 Å². The van der Waals surface area contributed by atoms with Crippen LogP contribution < -0.4 is 0 Å². The zero-order valence-corrected chi connectivity index (χ0v) is 41.6. The van der Waals surface area contributed by atoms with Crippen LogP contribution in [-0.2, 0) is 10.8 Å². The Morgan fingerprint density at radius 1 is 0.515 bits per heavy atom. The summed E-state index contributed by atoms with van der Waals surface area (Å²) in [6, 6.07) is 45.2. The molecule has 8 aromatic rings. The molecule has 0 aliphatic heterocycles. The molecule has 4 heteroatoms. The second kappa shape index (κ2) is 17.9. The molecule has 66 heavy (non-hydrogen) atoms. The molecule has 2 heterocycles. The van der Waals surface area contributed by atoms with E-state index in [2.05, 4.69) is 183 Å². The lowest BCUT2D eigenvalue weighted by Crippen LogP contribution is -2.11. The molecule has 8 rings (SSSR count). The molecule has 0 saturated carbocycles. The summed E-state index contributed by atoms with van der Waals surface area (Å²) in [4.78, 5) is 10.6. The van der Waals surface area contributed by atoms with Crippen molar-refractivity contribution in [3.8, 4) is 67.5 Å². The van der Waals surface area contributed by atoms with E-state index in [1.165, 1.54) is 11.1 Å². The molecular formula is C62H69N3O. The van der Waals surface area contributed by atoms with E-state index in [1.807, 2.05) is 52.1 Å². The molecule has 4 nitrogen and oxygen atoms in total. The second-order valence-electron chi connectivity index (χ2n) is 21.4. The van der Waals surface area contributed by atoms with E-state index in [0.717, 1.165) is 83.6 Å². The lowest BCUT2D eigenvalue weighted by molar-refractivity contribution is 0.466. The van der Waals surface area contributed by atoms with Crippen LogP contribution in [-0.4, -0.2) is 19.6 Å². The number of hydrogen-bond acceptors (Lipinski definition) is 3. The minimum absolute atomic E-state index is 0.0146. The molecule has 338 valence electrons. The van der Waals surface area contributed by atoms with Gasteiger partial charge in [0.05, 0.1) is 28.0 Å². The number of aromatic nitrogens is 3. The first kappa shape index (κ1) is 43.6. The van der Waals surface area contributed by atoms with Gasteiger partial charge in [-0.2, -0.15) is 0 Å². The number of imidazole rings is 1. The van der Waals surface area contributed by atoms with Gasteiger partial charge in [0.15, 0.2) is 0 Å². The van der Waals surface area contributed by atoms with Gasteiger partial charge in [0, 0.05) is 25.6 Å². The maximum Gasteiger partial charge on any atom is 0.149 e. The van der Waals surface area contributed by atoms with Crippen LogP contribution >= 0.6 is 0 Å². The van der Waals surface area contributed by atoms with E-state index in [0.29, 0.717) is 11.4 Å². The fraction of sp³-hybridized carbons (Fsp3) is 0.323. The highest BCUT2D eigenvalue weighted by atomic mass is 16.3. The quantitative estimate of drug-likeness (QED) is 0.149. The Labute approximate surface area is 397 Å². The number of aromatic hydroxyl groups is 1. The van der Waals surface area contributed by atoms with Crippen LogP contribution in [0.3, 0.4) is 0 Å². The summed E-state index contributed by atoms with van der Waals surface area (Å²) in [5.41, 5.74) is 17.5. The summed E-state index contributed by atoms with van der Waals surface area (Å²) in [6.45, 7) is 29.8. The van der Waals surface area contributed by atoms with E-state index in [4.69, 9.17) is 12.7 Å². The summed E-state index contributed by atoms with van der Waals surface area (Å²) >= 11 is 0. The molecule has 2 aromatic heterocycles. The Hall–Kier alpha value is -6.26. The predicted octanol–water partition coefficient (Wildman–Crippen LogP) is 17.5. The third kappa shape index (κ3) is 9.12. The molecule has 0 amide bonds. The van der Waals surface area contributed by atoms with Crippen LogP contribution in [0.15, 0.2) is 134 Å². The minimum Gasteiger partial charge on any atom is -0.507 e. The van der Waals surface area contributed by atoms with Crippen molar-refractivity contribution in [1.29, 1.82) is 0 Å².